The van der Waals surface area contributed by atoms with Crippen LogP contribution in [0.2, 0.25) is 0 Å². The fourth-order valence-electron chi connectivity index (χ4n) is 3.43. The lowest BCUT2D eigenvalue weighted by Crippen LogP contribution is -2.46. The van der Waals surface area contributed by atoms with E-state index in [1.807, 2.05) is 0 Å². The Kier molecular flexibility index (Phi) is 3.44. The zero-order valence-electron chi connectivity index (χ0n) is 13.9. The molecule has 0 unspecified atom stereocenters. The first-order valence-electron chi connectivity index (χ1n) is 8.17. The summed E-state index contributed by atoms with van der Waals surface area (Å²) in [6.07, 6.45) is 2.62. The quantitative estimate of drug-likeness (QED) is 0.881. The summed E-state index contributed by atoms with van der Waals surface area (Å²) in [4.78, 5) is 16.4. The minimum absolute atomic E-state index is 0.106. The summed E-state index contributed by atoms with van der Waals surface area (Å²) >= 11 is 0. The molecule has 6 nitrogen and oxygen atoms in total. The van der Waals surface area contributed by atoms with Crippen LogP contribution in [0.25, 0.3) is 5.82 Å². The summed E-state index contributed by atoms with van der Waals surface area (Å²) in [5.74, 6) is -1.43. The van der Waals surface area contributed by atoms with Gasteiger partial charge in [0.15, 0.2) is 17.3 Å². The standard InChI is InChI=1S/C17H18F2N4O2/c1-17(2,7-24)21-16(25)13-11-4-8-3-10(8)14(11)23(22-13)15-12(19)5-9(18)6-20-15/h5-6,8,10,24H,3-4,7H2,1-2H3,(H,21,25)/t8-,10-/m1/s1. The third kappa shape index (κ3) is 2.60. The second-order valence-electron chi connectivity index (χ2n) is 7.39. The van der Waals surface area contributed by atoms with E-state index in [4.69, 9.17) is 0 Å². The highest BCUT2D eigenvalue weighted by molar-refractivity contribution is 5.95. The molecule has 1 saturated carbocycles. The van der Waals surface area contributed by atoms with E-state index in [-0.39, 0.29) is 24.0 Å². The first kappa shape index (κ1) is 16.1. The Labute approximate surface area is 142 Å². The van der Waals surface area contributed by atoms with Crippen LogP contribution < -0.4 is 5.32 Å². The number of aliphatic hydroxyl groups is 1. The minimum Gasteiger partial charge on any atom is -0.394 e. The second-order valence-corrected chi connectivity index (χ2v) is 7.39. The number of amides is 1. The summed E-state index contributed by atoms with van der Waals surface area (Å²) in [6.45, 7) is 3.17. The topological polar surface area (TPSA) is 80.0 Å². The predicted octanol–water partition coefficient (Wildman–Crippen LogP) is 1.71. The van der Waals surface area contributed by atoms with Crippen molar-refractivity contribution in [2.75, 3.05) is 6.61 Å². The third-order valence-electron chi connectivity index (χ3n) is 4.81. The maximum atomic E-state index is 14.2. The second kappa shape index (κ2) is 5.32. The molecular weight excluding hydrogens is 330 g/mol. The average Bonchev–Trinajstić information content (AvgIpc) is 3.04. The highest BCUT2D eigenvalue weighted by Gasteiger charge is 2.50. The summed E-state index contributed by atoms with van der Waals surface area (Å²) in [5, 5.41) is 16.4. The lowest BCUT2D eigenvalue weighted by molar-refractivity contribution is 0.0862. The minimum atomic E-state index is -0.822. The maximum Gasteiger partial charge on any atom is 0.272 e. The molecule has 0 spiro atoms. The van der Waals surface area contributed by atoms with Crippen molar-refractivity contribution in [3.63, 3.8) is 0 Å². The summed E-state index contributed by atoms with van der Waals surface area (Å²) in [7, 11) is 0. The fraction of sp³-hybridized carbons (Fsp3) is 0.471. The molecule has 8 heteroatoms. The van der Waals surface area contributed by atoms with E-state index < -0.39 is 23.1 Å². The number of fused-ring (bicyclic) bond motifs is 3. The van der Waals surface area contributed by atoms with Crippen LogP contribution >= 0.6 is 0 Å². The molecule has 2 heterocycles. The van der Waals surface area contributed by atoms with Crippen LogP contribution in [0.5, 0.6) is 0 Å². The van der Waals surface area contributed by atoms with Crippen LogP contribution in [0.15, 0.2) is 12.3 Å². The van der Waals surface area contributed by atoms with Crippen molar-refractivity contribution in [3.8, 4) is 5.82 Å². The number of nitrogens with zero attached hydrogens (tertiary/aromatic N) is 3. The fourth-order valence-corrected chi connectivity index (χ4v) is 3.43. The normalized spacial score (nSPS) is 21.0. The van der Waals surface area contributed by atoms with E-state index in [9.17, 15) is 18.7 Å². The molecular formula is C17H18F2N4O2. The molecule has 1 fully saturated rings. The van der Waals surface area contributed by atoms with Gasteiger partial charge in [0.1, 0.15) is 5.82 Å². The Morgan fingerprint density at radius 2 is 2.24 bits per heavy atom. The molecule has 2 aromatic heterocycles. The number of hydrogen-bond donors (Lipinski definition) is 2. The first-order chi connectivity index (χ1) is 11.8. The van der Waals surface area contributed by atoms with Gasteiger partial charge in [-0.05, 0) is 32.6 Å². The largest absolute Gasteiger partial charge is 0.394 e. The molecule has 2 atom stereocenters. The van der Waals surface area contributed by atoms with Gasteiger partial charge in [-0.1, -0.05) is 0 Å². The van der Waals surface area contributed by atoms with Crippen LogP contribution in [-0.4, -0.2) is 37.9 Å². The lowest BCUT2D eigenvalue weighted by Gasteiger charge is -2.23. The molecule has 2 aliphatic carbocycles. The number of halogens is 2. The van der Waals surface area contributed by atoms with Gasteiger partial charge in [-0.15, -0.1) is 0 Å². The van der Waals surface area contributed by atoms with Gasteiger partial charge in [-0.3, -0.25) is 4.79 Å². The third-order valence-corrected chi connectivity index (χ3v) is 4.81. The van der Waals surface area contributed by atoms with Crippen LogP contribution in [0.4, 0.5) is 8.78 Å². The Balaban J connectivity index is 1.78. The van der Waals surface area contributed by atoms with Gasteiger partial charge in [0, 0.05) is 17.5 Å². The SMILES string of the molecule is CC(C)(CO)NC(=O)c1nn(-c2ncc(F)cc2F)c2c1C[C@H]1C[C@@H]21. The molecule has 132 valence electrons. The number of hydrogen-bond acceptors (Lipinski definition) is 4. The van der Waals surface area contributed by atoms with Gasteiger partial charge in [0.05, 0.1) is 24.0 Å². The summed E-state index contributed by atoms with van der Waals surface area (Å²) < 4.78 is 28.7. The predicted molar refractivity (Wildman–Crippen MR) is 84.5 cm³/mol. The molecule has 0 aliphatic heterocycles. The van der Waals surface area contributed by atoms with Crippen LogP contribution in [0, 0.1) is 17.6 Å². The van der Waals surface area contributed by atoms with E-state index in [2.05, 4.69) is 15.4 Å². The van der Waals surface area contributed by atoms with Crippen LogP contribution in [0.3, 0.4) is 0 Å². The number of pyridine rings is 1. The van der Waals surface area contributed by atoms with Gasteiger partial charge in [-0.25, -0.2) is 18.4 Å². The number of rotatable bonds is 4. The van der Waals surface area contributed by atoms with Gasteiger partial charge in [0.25, 0.3) is 5.91 Å². The lowest BCUT2D eigenvalue weighted by atomic mass is 10.1. The van der Waals surface area contributed by atoms with Crippen LogP contribution in [0.1, 0.15) is 47.9 Å². The van der Waals surface area contributed by atoms with Gasteiger partial charge in [0.2, 0.25) is 0 Å². The van der Waals surface area contributed by atoms with E-state index in [1.165, 1.54) is 4.68 Å². The van der Waals surface area contributed by atoms with Crippen molar-refractivity contribution in [1.82, 2.24) is 20.1 Å². The molecule has 0 bridgehead atoms. The average molecular weight is 348 g/mol. The molecule has 25 heavy (non-hydrogen) atoms. The zero-order valence-corrected chi connectivity index (χ0v) is 13.9. The van der Waals surface area contributed by atoms with E-state index >= 15 is 0 Å². The molecule has 1 amide bonds. The summed E-state index contributed by atoms with van der Waals surface area (Å²) in [6, 6.07) is 0.754. The smallest absolute Gasteiger partial charge is 0.272 e. The Bertz CT molecular complexity index is 878. The van der Waals surface area contributed by atoms with Crippen LogP contribution in [-0.2, 0) is 6.42 Å². The Morgan fingerprint density at radius 1 is 1.48 bits per heavy atom. The first-order valence-corrected chi connectivity index (χ1v) is 8.17. The number of carbonyl (C=O) groups excluding carboxylic acids is 1. The van der Waals surface area contributed by atoms with E-state index in [1.54, 1.807) is 13.8 Å². The van der Waals surface area contributed by atoms with E-state index in [0.717, 1.165) is 29.9 Å². The molecule has 2 aliphatic rings. The van der Waals surface area contributed by atoms with Gasteiger partial charge >= 0.3 is 0 Å². The number of nitrogens with one attached hydrogen (secondary N) is 1. The summed E-state index contributed by atoms with van der Waals surface area (Å²) in [5.41, 5.74) is 0.997. The molecule has 0 radical (unpaired) electrons. The van der Waals surface area contributed by atoms with Crippen molar-refractivity contribution in [2.45, 2.75) is 38.1 Å². The zero-order chi connectivity index (χ0) is 17.9. The molecule has 0 saturated heterocycles. The van der Waals surface area contributed by atoms with Gasteiger partial charge < -0.3 is 10.4 Å². The number of carbonyl (C=O) groups is 1. The highest BCUT2D eigenvalue weighted by atomic mass is 19.1. The number of aliphatic hydroxyl groups excluding tert-OH is 1. The van der Waals surface area contributed by atoms with Crippen molar-refractivity contribution in [1.29, 1.82) is 0 Å². The van der Waals surface area contributed by atoms with Crippen molar-refractivity contribution in [2.24, 2.45) is 5.92 Å². The highest BCUT2D eigenvalue weighted by Crippen LogP contribution is 2.57. The molecule has 0 aromatic carbocycles. The molecule has 4 rings (SSSR count). The van der Waals surface area contributed by atoms with Gasteiger partial charge in [-0.2, -0.15) is 5.10 Å². The monoisotopic (exact) mass is 348 g/mol. The Hall–Kier alpha value is -2.35. The maximum absolute atomic E-state index is 14.2. The molecule has 2 N–H and O–H groups in total. The Morgan fingerprint density at radius 3 is 2.92 bits per heavy atom. The molecule has 2 aromatic rings. The van der Waals surface area contributed by atoms with Crippen molar-refractivity contribution in [3.05, 3.63) is 40.8 Å². The van der Waals surface area contributed by atoms with Crippen molar-refractivity contribution >= 4 is 5.91 Å². The number of aromatic nitrogens is 3. The van der Waals surface area contributed by atoms with E-state index in [0.29, 0.717) is 12.3 Å². The van der Waals surface area contributed by atoms with Crippen molar-refractivity contribution < 1.29 is 18.7 Å².